The van der Waals surface area contributed by atoms with E-state index < -0.39 is 11.9 Å². The van der Waals surface area contributed by atoms with Crippen molar-refractivity contribution in [1.29, 1.82) is 0 Å². The number of rotatable bonds is 5. The molecule has 5 heteroatoms. The molecule has 0 aliphatic rings. The van der Waals surface area contributed by atoms with Crippen LogP contribution in [-0.2, 0) is 0 Å². The van der Waals surface area contributed by atoms with E-state index in [1.54, 1.807) is 13.0 Å². The minimum Gasteiger partial charge on any atom is -0.387 e. The molecule has 4 nitrogen and oxygen atoms in total. The van der Waals surface area contributed by atoms with Crippen LogP contribution in [0.15, 0.2) is 42.5 Å². The molecule has 0 bridgehead atoms. The summed E-state index contributed by atoms with van der Waals surface area (Å²) in [6.45, 7) is 6.21. The Morgan fingerprint density at radius 2 is 1.88 bits per heavy atom. The highest BCUT2D eigenvalue weighted by atomic mass is 19.1. The molecular weight excluding hydrogens is 307 g/mol. The second-order valence-electron chi connectivity index (χ2n) is 5.85. The van der Waals surface area contributed by atoms with Crippen LogP contribution in [0.5, 0.6) is 0 Å². The Hall–Kier alpha value is -2.40. The van der Waals surface area contributed by atoms with Crippen LogP contribution in [0, 0.1) is 19.7 Å². The molecule has 0 aliphatic carbocycles. The number of hydrogen-bond acceptors (Lipinski definition) is 2. The van der Waals surface area contributed by atoms with Crippen LogP contribution in [0.1, 0.15) is 29.7 Å². The first-order chi connectivity index (χ1) is 11.4. The number of aliphatic hydroxyl groups excluding tert-OH is 1. The highest BCUT2D eigenvalue weighted by molar-refractivity contribution is 5.90. The quantitative estimate of drug-likeness (QED) is 0.869. The lowest BCUT2D eigenvalue weighted by Gasteiger charge is -2.25. The third kappa shape index (κ3) is 4.55. The van der Waals surface area contributed by atoms with E-state index in [1.165, 1.54) is 17.0 Å². The molecular formula is C19H23FN2O2. The lowest BCUT2D eigenvalue weighted by atomic mass is 10.1. The summed E-state index contributed by atoms with van der Waals surface area (Å²) < 4.78 is 13.3. The van der Waals surface area contributed by atoms with Crippen LogP contribution in [0.3, 0.4) is 0 Å². The molecule has 2 aromatic carbocycles. The van der Waals surface area contributed by atoms with Gasteiger partial charge in [0.2, 0.25) is 0 Å². The van der Waals surface area contributed by atoms with Crippen molar-refractivity contribution in [1.82, 2.24) is 4.90 Å². The van der Waals surface area contributed by atoms with Gasteiger partial charge in [0.05, 0.1) is 12.6 Å². The van der Waals surface area contributed by atoms with Gasteiger partial charge >= 0.3 is 6.03 Å². The summed E-state index contributed by atoms with van der Waals surface area (Å²) in [4.78, 5) is 13.9. The number of carbonyl (C=O) groups is 1. The minimum absolute atomic E-state index is 0.166. The zero-order chi connectivity index (χ0) is 17.7. The van der Waals surface area contributed by atoms with Crippen LogP contribution in [0.2, 0.25) is 0 Å². The van der Waals surface area contributed by atoms with Crippen LogP contribution < -0.4 is 5.32 Å². The first kappa shape index (κ1) is 17.9. The number of benzene rings is 2. The van der Waals surface area contributed by atoms with Crippen molar-refractivity contribution in [2.45, 2.75) is 26.9 Å². The number of carbonyl (C=O) groups excluding carboxylic acids is 1. The second-order valence-corrected chi connectivity index (χ2v) is 5.85. The van der Waals surface area contributed by atoms with Crippen LogP contribution in [0.4, 0.5) is 14.9 Å². The Balaban J connectivity index is 2.05. The maximum Gasteiger partial charge on any atom is 0.321 e. The molecule has 128 valence electrons. The standard InChI is InChI=1S/C19H23FN2O2/c1-4-22(12-18(23)15-8-5-13(2)6-9-15)19(24)21-17-11-16(20)10-7-14(17)3/h5-11,18,23H,4,12H2,1-3H3,(H,21,24). The van der Waals surface area contributed by atoms with Crippen molar-refractivity contribution in [3.05, 3.63) is 65.0 Å². The third-order valence-electron chi connectivity index (χ3n) is 3.97. The fourth-order valence-corrected chi connectivity index (χ4v) is 2.38. The van der Waals surface area contributed by atoms with Gasteiger partial charge in [0.1, 0.15) is 5.82 Å². The van der Waals surface area contributed by atoms with Gasteiger partial charge in [-0.15, -0.1) is 0 Å². The number of urea groups is 1. The fraction of sp³-hybridized carbons (Fsp3) is 0.316. The van der Waals surface area contributed by atoms with E-state index in [0.29, 0.717) is 12.2 Å². The molecule has 0 saturated heterocycles. The summed E-state index contributed by atoms with van der Waals surface area (Å²) in [5.74, 6) is -0.404. The maximum absolute atomic E-state index is 13.3. The summed E-state index contributed by atoms with van der Waals surface area (Å²) in [5, 5.41) is 13.0. The van der Waals surface area contributed by atoms with Gasteiger partial charge in [-0.1, -0.05) is 35.9 Å². The SMILES string of the molecule is CCN(CC(O)c1ccc(C)cc1)C(=O)Nc1cc(F)ccc1C. The van der Waals surface area contributed by atoms with Crippen molar-refractivity contribution >= 4 is 11.7 Å². The summed E-state index contributed by atoms with van der Waals surface area (Å²) in [6.07, 6.45) is -0.773. The van der Waals surface area contributed by atoms with Crippen molar-refractivity contribution in [3.8, 4) is 0 Å². The van der Waals surface area contributed by atoms with E-state index in [9.17, 15) is 14.3 Å². The molecule has 24 heavy (non-hydrogen) atoms. The summed E-state index contributed by atoms with van der Waals surface area (Å²) in [7, 11) is 0. The normalized spacial score (nSPS) is 11.9. The largest absolute Gasteiger partial charge is 0.387 e. The monoisotopic (exact) mass is 330 g/mol. The smallest absolute Gasteiger partial charge is 0.321 e. The van der Waals surface area contributed by atoms with Gasteiger partial charge in [-0.05, 0) is 44.0 Å². The van der Waals surface area contributed by atoms with Crippen molar-refractivity contribution in [3.63, 3.8) is 0 Å². The predicted molar refractivity (Wildman–Crippen MR) is 93.5 cm³/mol. The number of aryl methyl sites for hydroxylation is 2. The molecule has 1 atom stereocenters. The van der Waals surface area contributed by atoms with Gasteiger partial charge in [0.15, 0.2) is 0 Å². The van der Waals surface area contributed by atoms with Gasteiger partial charge < -0.3 is 15.3 Å². The number of halogens is 1. The molecule has 2 amide bonds. The van der Waals surface area contributed by atoms with E-state index in [2.05, 4.69) is 5.32 Å². The number of hydrogen-bond donors (Lipinski definition) is 2. The topological polar surface area (TPSA) is 52.6 Å². The van der Waals surface area contributed by atoms with Crippen LogP contribution >= 0.6 is 0 Å². The molecule has 2 N–H and O–H groups in total. The van der Waals surface area contributed by atoms with E-state index in [1.807, 2.05) is 38.1 Å². The molecule has 0 radical (unpaired) electrons. The van der Waals surface area contributed by atoms with E-state index in [0.717, 1.165) is 16.7 Å². The van der Waals surface area contributed by atoms with Crippen LogP contribution in [0.25, 0.3) is 0 Å². The summed E-state index contributed by atoms with van der Waals surface area (Å²) in [6, 6.07) is 11.4. The molecule has 0 spiro atoms. The molecule has 1 unspecified atom stereocenters. The maximum atomic E-state index is 13.3. The summed E-state index contributed by atoms with van der Waals surface area (Å²) in [5.41, 5.74) is 3.08. The van der Waals surface area contributed by atoms with Gasteiger partial charge in [-0.2, -0.15) is 0 Å². The number of nitrogens with zero attached hydrogens (tertiary/aromatic N) is 1. The Morgan fingerprint density at radius 1 is 1.21 bits per heavy atom. The lowest BCUT2D eigenvalue weighted by Crippen LogP contribution is -2.38. The van der Waals surface area contributed by atoms with Gasteiger partial charge in [0, 0.05) is 12.2 Å². The van der Waals surface area contributed by atoms with E-state index in [-0.39, 0.29) is 12.6 Å². The van der Waals surface area contributed by atoms with Gasteiger partial charge in [-0.25, -0.2) is 9.18 Å². The third-order valence-corrected chi connectivity index (χ3v) is 3.97. The molecule has 0 aliphatic heterocycles. The number of aliphatic hydroxyl groups is 1. The van der Waals surface area contributed by atoms with E-state index >= 15 is 0 Å². The first-order valence-electron chi connectivity index (χ1n) is 7.97. The number of nitrogens with one attached hydrogen (secondary N) is 1. The number of likely N-dealkylation sites (N-methyl/N-ethyl adjacent to an activating group) is 1. The molecule has 0 aromatic heterocycles. The zero-order valence-corrected chi connectivity index (χ0v) is 14.2. The van der Waals surface area contributed by atoms with Crippen molar-refractivity contribution in [2.75, 3.05) is 18.4 Å². The van der Waals surface area contributed by atoms with Gasteiger partial charge in [0.25, 0.3) is 0 Å². The molecule has 2 rings (SSSR count). The predicted octanol–water partition coefficient (Wildman–Crippen LogP) is 4.03. The molecule has 2 aromatic rings. The lowest BCUT2D eigenvalue weighted by molar-refractivity contribution is 0.128. The Morgan fingerprint density at radius 3 is 2.50 bits per heavy atom. The van der Waals surface area contributed by atoms with E-state index in [4.69, 9.17) is 0 Å². The Kier molecular flexibility index (Phi) is 5.93. The first-order valence-corrected chi connectivity index (χ1v) is 7.97. The molecule has 0 fully saturated rings. The van der Waals surface area contributed by atoms with Gasteiger partial charge in [-0.3, -0.25) is 0 Å². The number of anilines is 1. The zero-order valence-electron chi connectivity index (χ0n) is 14.2. The number of amides is 2. The fourth-order valence-electron chi connectivity index (χ4n) is 2.38. The average Bonchev–Trinajstić information content (AvgIpc) is 2.56. The van der Waals surface area contributed by atoms with Crippen molar-refractivity contribution < 1.29 is 14.3 Å². The average molecular weight is 330 g/mol. The Labute approximate surface area is 141 Å². The van der Waals surface area contributed by atoms with Crippen molar-refractivity contribution in [2.24, 2.45) is 0 Å². The molecule has 0 saturated carbocycles. The summed E-state index contributed by atoms with van der Waals surface area (Å²) >= 11 is 0. The molecule has 0 heterocycles. The van der Waals surface area contributed by atoms with Crippen LogP contribution in [-0.4, -0.2) is 29.1 Å². The highest BCUT2D eigenvalue weighted by Gasteiger charge is 2.18. The Bertz CT molecular complexity index is 701. The second kappa shape index (κ2) is 7.93. The minimum atomic E-state index is -0.773. The highest BCUT2D eigenvalue weighted by Crippen LogP contribution is 2.18.